The Bertz CT molecular complexity index is 723. The van der Waals surface area contributed by atoms with Crippen LogP contribution in [-0.2, 0) is 4.57 Å². The Balaban J connectivity index is 1.87. The molecule has 0 N–H and O–H groups in total. The molecule has 19 heavy (non-hydrogen) atoms. The van der Waals surface area contributed by atoms with Crippen LogP contribution in [0.5, 0.6) is 5.75 Å². The zero-order valence-corrected chi connectivity index (χ0v) is 11.2. The number of hydrogen-bond acceptors (Lipinski definition) is 2. The van der Waals surface area contributed by atoms with Crippen LogP contribution in [0.25, 0.3) is 10.8 Å². The van der Waals surface area contributed by atoms with Gasteiger partial charge in [-0.25, -0.2) is 0 Å². The first-order valence-corrected chi connectivity index (χ1v) is 7.40. The van der Waals surface area contributed by atoms with Gasteiger partial charge in [-0.3, -0.25) is 4.57 Å². The first-order valence-electron chi connectivity index (χ1n) is 6.09. The van der Waals surface area contributed by atoms with E-state index < -0.39 is 8.03 Å². The molecule has 1 atom stereocenters. The molecule has 3 aromatic carbocycles. The largest absolute Gasteiger partial charge is 0.442 e. The molecule has 0 spiro atoms. The van der Waals surface area contributed by atoms with E-state index in [1.807, 2.05) is 72.8 Å². The lowest BCUT2D eigenvalue weighted by molar-refractivity contribution is 0.515. The Morgan fingerprint density at radius 1 is 0.737 bits per heavy atom. The third-order valence-corrected chi connectivity index (χ3v) is 4.17. The Morgan fingerprint density at radius 3 is 2.21 bits per heavy atom. The quantitative estimate of drug-likeness (QED) is 0.671. The Labute approximate surface area is 112 Å². The van der Waals surface area contributed by atoms with Crippen molar-refractivity contribution in [2.24, 2.45) is 0 Å². The Hall–Kier alpha value is -2.05. The molecule has 0 radical (unpaired) electrons. The van der Waals surface area contributed by atoms with Crippen LogP contribution in [0.4, 0.5) is 0 Å². The van der Waals surface area contributed by atoms with Crippen molar-refractivity contribution in [2.75, 3.05) is 0 Å². The van der Waals surface area contributed by atoms with E-state index in [1.54, 1.807) is 0 Å². The topological polar surface area (TPSA) is 26.3 Å². The van der Waals surface area contributed by atoms with Gasteiger partial charge in [0.15, 0.2) is 0 Å². The second kappa shape index (κ2) is 5.29. The molecule has 94 valence electrons. The summed E-state index contributed by atoms with van der Waals surface area (Å²) in [6.45, 7) is 0. The minimum atomic E-state index is -2.24. The van der Waals surface area contributed by atoms with E-state index in [4.69, 9.17) is 4.52 Å². The van der Waals surface area contributed by atoms with Crippen LogP contribution in [0.15, 0.2) is 72.8 Å². The van der Waals surface area contributed by atoms with E-state index in [9.17, 15) is 4.57 Å². The van der Waals surface area contributed by atoms with Crippen LogP contribution in [-0.4, -0.2) is 0 Å². The molecule has 2 nitrogen and oxygen atoms in total. The molecule has 0 fully saturated rings. The molecular formula is C16H13O2P. The van der Waals surface area contributed by atoms with Gasteiger partial charge in [-0.05, 0) is 35.0 Å². The minimum absolute atomic E-state index is 0.645. The molecule has 1 unspecified atom stereocenters. The molecular weight excluding hydrogens is 255 g/mol. The summed E-state index contributed by atoms with van der Waals surface area (Å²) in [6, 6.07) is 23.0. The first-order chi connectivity index (χ1) is 9.33. The van der Waals surface area contributed by atoms with Crippen molar-refractivity contribution in [1.82, 2.24) is 0 Å². The summed E-state index contributed by atoms with van der Waals surface area (Å²) < 4.78 is 17.7. The van der Waals surface area contributed by atoms with Gasteiger partial charge < -0.3 is 4.52 Å². The van der Waals surface area contributed by atoms with Gasteiger partial charge >= 0.3 is 0 Å². The van der Waals surface area contributed by atoms with Crippen LogP contribution in [0, 0.1) is 0 Å². The molecule has 0 bridgehead atoms. The van der Waals surface area contributed by atoms with Crippen LogP contribution in [0.2, 0.25) is 0 Å². The summed E-state index contributed by atoms with van der Waals surface area (Å²) in [4.78, 5) is 0. The molecule has 3 heteroatoms. The normalized spacial score (nSPS) is 12.2. The standard InChI is InChI=1S/C16H13O2P/c17-19(16-8-2-1-3-9-16)18-15-11-10-13-6-4-5-7-14(13)12-15/h1-12,19H. The fourth-order valence-electron chi connectivity index (χ4n) is 1.97. The predicted octanol–water partition coefficient (Wildman–Crippen LogP) is 4.02. The molecule has 0 aliphatic heterocycles. The van der Waals surface area contributed by atoms with Gasteiger partial charge in [0.05, 0.1) is 0 Å². The molecule has 3 aromatic rings. The van der Waals surface area contributed by atoms with Crippen molar-refractivity contribution < 1.29 is 9.09 Å². The second-order valence-electron chi connectivity index (χ2n) is 4.26. The number of rotatable bonds is 3. The van der Waals surface area contributed by atoms with Crippen LogP contribution in [0.3, 0.4) is 0 Å². The zero-order valence-electron chi connectivity index (χ0n) is 10.2. The van der Waals surface area contributed by atoms with Gasteiger partial charge in [-0.1, -0.05) is 48.5 Å². The lowest BCUT2D eigenvalue weighted by Gasteiger charge is -2.07. The smallest absolute Gasteiger partial charge is 0.265 e. The molecule has 0 aliphatic rings. The molecule has 0 aliphatic carbocycles. The van der Waals surface area contributed by atoms with E-state index in [2.05, 4.69) is 0 Å². The van der Waals surface area contributed by atoms with Gasteiger partial charge in [0.25, 0.3) is 8.03 Å². The summed E-state index contributed by atoms with van der Waals surface area (Å²) in [5, 5.41) is 2.97. The second-order valence-corrected chi connectivity index (χ2v) is 5.62. The summed E-state index contributed by atoms with van der Waals surface area (Å²) in [6.07, 6.45) is 0. The van der Waals surface area contributed by atoms with Gasteiger partial charge in [0.1, 0.15) is 5.75 Å². The molecule has 0 saturated heterocycles. The number of benzene rings is 3. The maximum Gasteiger partial charge on any atom is 0.265 e. The minimum Gasteiger partial charge on any atom is -0.442 e. The van der Waals surface area contributed by atoms with Crippen molar-refractivity contribution in [3.63, 3.8) is 0 Å². The van der Waals surface area contributed by atoms with Crippen LogP contribution < -0.4 is 9.83 Å². The SMILES string of the molecule is O=[PH](Oc1ccc2ccccc2c1)c1ccccc1. The summed E-state index contributed by atoms with van der Waals surface area (Å²) in [5.41, 5.74) is 0. The average molecular weight is 268 g/mol. The fourth-order valence-corrected chi connectivity index (χ4v) is 2.89. The van der Waals surface area contributed by atoms with Crippen molar-refractivity contribution in [3.8, 4) is 5.75 Å². The van der Waals surface area contributed by atoms with Gasteiger partial charge in [0.2, 0.25) is 0 Å². The van der Waals surface area contributed by atoms with E-state index in [0.717, 1.165) is 16.1 Å². The number of hydrogen-bond donors (Lipinski definition) is 0. The highest BCUT2D eigenvalue weighted by Crippen LogP contribution is 2.28. The zero-order chi connectivity index (χ0) is 13.1. The fraction of sp³-hybridized carbons (Fsp3) is 0. The summed E-state index contributed by atoms with van der Waals surface area (Å²) >= 11 is 0. The van der Waals surface area contributed by atoms with Crippen molar-refractivity contribution in [1.29, 1.82) is 0 Å². The van der Waals surface area contributed by atoms with Crippen molar-refractivity contribution in [3.05, 3.63) is 72.8 Å². The molecule has 0 aromatic heterocycles. The van der Waals surface area contributed by atoms with Gasteiger partial charge in [0, 0.05) is 5.30 Å². The summed E-state index contributed by atoms with van der Waals surface area (Å²) in [5.74, 6) is 0.645. The Morgan fingerprint density at radius 2 is 1.42 bits per heavy atom. The van der Waals surface area contributed by atoms with Crippen LogP contribution in [0.1, 0.15) is 0 Å². The number of fused-ring (bicyclic) bond motifs is 1. The third kappa shape index (κ3) is 2.69. The lowest BCUT2D eigenvalue weighted by Crippen LogP contribution is -1.98. The van der Waals surface area contributed by atoms with E-state index in [0.29, 0.717) is 5.75 Å². The third-order valence-electron chi connectivity index (χ3n) is 2.94. The lowest BCUT2D eigenvalue weighted by atomic mass is 10.1. The Kier molecular flexibility index (Phi) is 3.35. The van der Waals surface area contributed by atoms with E-state index >= 15 is 0 Å². The van der Waals surface area contributed by atoms with Gasteiger partial charge in [-0.15, -0.1) is 0 Å². The molecule has 0 heterocycles. The van der Waals surface area contributed by atoms with Crippen LogP contribution >= 0.6 is 8.03 Å². The first kappa shape index (κ1) is 12.0. The van der Waals surface area contributed by atoms with Crippen molar-refractivity contribution >= 4 is 24.1 Å². The monoisotopic (exact) mass is 268 g/mol. The maximum atomic E-state index is 12.1. The maximum absolute atomic E-state index is 12.1. The summed E-state index contributed by atoms with van der Waals surface area (Å²) in [7, 11) is -2.24. The predicted molar refractivity (Wildman–Crippen MR) is 79.7 cm³/mol. The highest BCUT2D eigenvalue weighted by Gasteiger charge is 2.05. The van der Waals surface area contributed by atoms with Crippen molar-refractivity contribution in [2.45, 2.75) is 0 Å². The van der Waals surface area contributed by atoms with E-state index in [1.165, 1.54) is 0 Å². The molecule has 0 amide bonds. The average Bonchev–Trinajstić information content (AvgIpc) is 2.48. The van der Waals surface area contributed by atoms with E-state index in [-0.39, 0.29) is 0 Å². The van der Waals surface area contributed by atoms with Gasteiger partial charge in [-0.2, -0.15) is 0 Å². The molecule has 0 saturated carbocycles. The molecule has 3 rings (SSSR count). The highest BCUT2D eigenvalue weighted by atomic mass is 31.1. The highest BCUT2D eigenvalue weighted by molar-refractivity contribution is 7.48.